The molecule has 1 rings (SSSR count). The Balaban J connectivity index is 3.22. The van der Waals surface area contributed by atoms with Gasteiger partial charge in [-0.05, 0) is 65.9 Å². The van der Waals surface area contributed by atoms with Crippen molar-refractivity contribution in [2.75, 3.05) is 0 Å². The molecule has 0 aliphatic rings. The molecule has 0 aliphatic heterocycles. The van der Waals surface area contributed by atoms with Gasteiger partial charge in [0.1, 0.15) is 5.82 Å². The van der Waals surface area contributed by atoms with Crippen molar-refractivity contribution < 1.29 is 4.39 Å². The zero-order valence-electron chi connectivity index (χ0n) is 8.70. The van der Waals surface area contributed by atoms with Gasteiger partial charge in [-0.25, -0.2) is 4.39 Å². The highest BCUT2D eigenvalue weighted by Gasteiger charge is 2.12. The van der Waals surface area contributed by atoms with E-state index in [9.17, 15) is 4.39 Å². The smallest absolute Gasteiger partial charge is 0.137 e. The lowest BCUT2D eigenvalue weighted by Gasteiger charge is -2.14. The van der Waals surface area contributed by atoms with Crippen LogP contribution < -0.4 is 5.73 Å². The second kappa shape index (κ2) is 4.41. The monoisotopic (exact) mass is 259 g/mol. The van der Waals surface area contributed by atoms with E-state index in [-0.39, 0.29) is 11.9 Å². The van der Waals surface area contributed by atoms with Crippen molar-refractivity contribution in [2.24, 2.45) is 5.73 Å². The predicted molar refractivity (Wildman–Crippen MR) is 60.9 cm³/mol. The quantitative estimate of drug-likeness (QED) is 0.868. The molecule has 0 saturated heterocycles. The van der Waals surface area contributed by atoms with Crippen LogP contribution in [0.3, 0.4) is 0 Å². The largest absolute Gasteiger partial charge is 0.328 e. The summed E-state index contributed by atoms with van der Waals surface area (Å²) >= 11 is 3.24. The zero-order chi connectivity index (χ0) is 10.9. The third-order valence-corrected chi connectivity index (χ3v) is 3.31. The number of hydrogen-bond acceptors (Lipinski definition) is 1. The standard InChI is InChI=1S/C11H15BrFN/c1-6-4-10(13)11(12)8(3)9(6)5-7(2)14/h4,7H,5,14H2,1-3H3. The van der Waals surface area contributed by atoms with E-state index in [1.807, 2.05) is 20.8 Å². The lowest BCUT2D eigenvalue weighted by atomic mass is 9.97. The molecule has 0 aliphatic carbocycles. The van der Waals surface area contributed by atoms with Crippen LogP contribution in [0.25, 0.3) is 0 Å². The normalized spacial score (nSPS) is 13.0. The van der Waals surface area contributed by atoms with Gasteiger partial charge in [0, 0.05) is 6.04 Å². The molecule has 1 nitrogen and oxygen atoms in total. The Hall–Kier alpha value is -0.410. The Morgan fingerprint density at radius 2 is 2.07 bits per heavy atom. The van der Waals surface area contributed by atoms with Crippen molar-refractivity contribution in [3.63, 3.8) is 0 Å². The van der Waals surface area contributed by atoms with Crippen molar-refractivity contribution in [1.29, 1.82) is 0 Å². The van der Waals surface area contributed by atoms with Crippen molar-refractivity contribution in [3.05, 3.63) is 33.0 Å². The molecule has 1 aromatic rings. The molecule has 0 fully saturated rings. The fourth-order valence-electron chi connectivity index (χ4n) is 1.58. The molecule has 1 aromatic carbocycles. The fraction of sp³-hybridized carbons (Fsp3) is 0.455. The summed E-state index contributed by atoms with van der Waals surface area (Å²) in [5, 5.41) is 0. The number of halogens is 2. The van der Waals surface area contributed by atoms with Crippen LogP contribution in [-0.4, -0.2) is 6.04 Å². The van der Waals surface area contributed by atoms with Gasteiger partial charge < -0.3 is 5.73 Å². The summed E-state index contributed by atoms with van der Waals surface area (Å²) in [5.74, 6) is -0.201. The van der Waals surface area contributed by atoms with E-state index in [2.05, 4.69) is 15.9 Å². The van der Waals surface area contributed by atoms with Gasteiger partial charge in [-0.1, -0.05) is 0 Å². The lowest BCUT2D eigenvalue weighted by Crippen LogP contribution is -2.19. The van der Waals surface area contributed by atoms with Gasteiger partial charge in [0.15, 0.2) is 0 Å². The van der Waals surface area contributed by atoms with Gasteiger partial charge in [0.05, 0.1) is 4.47 Å². The molecule has 14 heavy (non-hydrogen) atoms. The van der Waals surface area contributed by atoms with E-state index in [1.54, 1.807) is 6.07 Å². The van der Waals surface area contributed by atoms with Crippen molar-refractivity contribution in [1.82, 2.24) is 0 Å². The van der Waals surface area contributed by atoms with Crippen LogP contribution >= 0.6 is 15.9 Å². The highest BCUT2D eigenvalue weighted by Crippen LogP contribution is 2.26. The summed E-state index contributed by atoms with van der Waals surface area (Å²) in [7, 11) is 0. The van der Waals surface area contributed by atoms with Crippen LogP contribution in [0.2, 0.25) is 0 Å². The maximum absolute atomic E-state index is 13.3. The maximum atomic E-state index is 13.3. The number of aryl methyl sites for hydroxylation is 1. The number of rotatable bonds is 2. The Bertz CT molecular complexity index is 348. The minimum absolute atomic E-state index is 0.102. The Morgan fingerprint density at radius 1 is 1.50 bits per heavy atom. The first kappa shape index (κ1) is 11.7. The molecule has 0 amide bonds. The molecule has 0 spiro atoms. The van der Waals surface area contributed by atoms with Crippen molar-refractivity contribution in [3.8, 4) is 0 Å². The molecule has 0 saturated carbocycles. The molecular weight excluding hydrogens is 245 g/mol. The average molecular weight is 260 g/mol. The summed E-state index contributed by atoms with van der Waals surface area (Å²) in [6.07, 6.45) is 0.788. The second-order valence-electron chi connectivity index (χ2n) is 3.77. The first-order chi connectivity index (χ1) is 6.43. The van der Waals surface area contributed by atoms with Crippen molar-refractivity contribution in [2.45, 2.75) is 33.2 Å². The molecule has 0 bridgehead atoms. The van der Waals surface area contributed by atoms with Crippen LogP contribution in [0.4, 0.5) is 4.39 Å². The number of benzene rings is 1. The van der Waals surface area contributed by atoms with E-state index >= 15 is 0 Å². The fourth-order valence-corrected chi connectivity index (χ4v) is 1.94. The predicted octanol–water partition coefficient (Wildman–Crippen LogP) is 3.09. The summed E-state index contributed by atoms with van der Waals surface area (Å²) < 4.78 is 13.8. The van der Waals surface area contributed by atoms with Crippen LogP contribution in [0.1, 0.15) is 23.6 Å². The van der Waals surface area contributed by atoms with E-state index in [0.29, 0.717) is 4.47 Å². The Kier molecular flexibility index (Phi) is 3.67. The highest BCUT2D eigenvalue weighted by atomic mass is 79.9. The van der Waals surface area contributed by atoms with Gasteiger partial charge >= 0.3 is 0 Å². The highest BCUT2D eigenvalue weighted by molar-refractivity contribution is 9.10. The van der Waals surface area contributed by atoms with Crippen LogP contribution in [0, 0.1) is 19.7 Å². The summed E-state index contributed by atoms with van der Waals surface area (Å²) in [6.45, 7) is 5.79. The molecule has 3 heteroatoms. The van der Waals surface area contributed by atoms with E-state index in [4.69, 9.17) is 5.73 Å². The van der Waals surface area contributed by atoms with Crippen LogP contribution in [0.15, 0.2) is 10.5 Å². The zero-order valence-corrected chi connectivity index (χ0v) is 10.3. The molecule has 78 valence electrons. The number of hydrogen-bond donors (Lipinski definition) is 1. The van der Waals surface area contributed by atoms with Crippen molar-refractivity contribution >= 4 is 15.9 Å². The molecule has 0 radical (unpaired) electrons. The van der Waals surface area contributed by atoms with Gasteiger partial charge in [0.25, 0.3) is 0 Å². The van der Waals surface area contributed by atoms with E-state index in [0.717, 1.165) is 23.1 Å². The van der Waals surface area contributed by atoms with Gasteiger partial charge in [-0.15, -0.1) is 0 Å². The average Bonchev–Trinajstić information content (AvgIpc) is 2.09. The van der Waals surface area contributed by atoms with Crippen LogP contribution in [0.5, 0.6) is 0 Å². The third kappa shape index (κ3) is 2.34. The molecule has 2 N–H and O–H groups in total. The Labute approximate surface area is 92.6 Å². The van der Waals surface area contributed by atoms with E-state index in [1.165, 1.54) is 0 Å². The second-order valence-corrected chi connectivity index (χ2v) is 4.57. The lowest BCUT2D eigenvalue weighted by molar-refractivity contribution is 0.615. The summed E-state index contributed by atoms with van der Waals surface area (Å²) in [5.41, 5.74) is 8.82. The minimum Gasteiger partial charge on any atom is -0.328 e. The van der Waals surface area contributed by atoms with E-state index < -0.39 is 0 Å². The molecule has 0 heterocycles. The molecular formula is C11H15BrFN. The SMILES string of the molecule is Cc1cc(F)c(Br)c(C)c1CC(C)N. The topological polar surface area (TPSA) is 26.0 Å². The van der Waals surface area contributed by atoms with Crippen LogP contribution in [-0.2, 0) is 6.42 Å². The Morgan fingerprint density at radius 3 is 2.57 bits per heavy atom. The first-order valence-electron chi connectivity index (χ1n) is 4.63. The molecule has 1 atom stereocenters. The molecule has 1 unspecified atom stereocenters. The van der Waals surface area contributed by atoms with Gasteiger partial charge in [0.2, 0.25) is 0 Å². The molecule has 0 aromatic heterocycles. The number of nitrogens with two attached hydrogens (primary N) is 1. The maximum Gasteiger partial charge on any atom is 0.137 e. The van der Waals surface area contributed by atoms with Gasteiger partial charge in [-0.3, -0.25) is 0 Å². The summed E-state index contributed by atoms with van der Waals surface area (Å²) in [6, 6.07) is 1.65. The van der Waals surface area contributed by atoms with Gasteiger partial charge in [-0.2, -0.15) is 0 Å². The summed E-state index contributed by atoms with van der Waals surface area (Å²) in [4.78, 5) is 0. The first-order valence-corrected chi connectivity index (χ1v) is 5.42. The third-order valence-electron chi connectivity index (χ3n) is 2.34. The minimum atomic E-state index is -0.201.